The molecule has 0 saturated carbocycles. The van der Waals surface area contributed by atoms with Crippen molar-refractivity contribution >= 4 is 5.69 Å². The van der Waals surface area contributed by atoms with Crippen molar-refractivity contribution in [2.24, 2.45) is 0 Å². The Morgan fingerprint density at radius 3 is 2.67 bits per heavy atom. The van der Waals surface area contributed by atoms with E-state index in [0.29, 0.717) is 12.6 Å². The highest BCUT2D eigenvalue weighted by Gasteiger charge is 2.18. The van der Waals surface area contributed by atoms with E-state index in [1.165, 1.54) is 0 Å². The number of anilines is 1. The van der Waals surface area contributed by atoms with Gasteiger partial charge >= 0.3 is 0 Å². The summed E-state index contributed by atoms with van der Waals surface area (Å²) >= 11 is 0. The first-order chi connectivity index (χ1) is 8.45. The van der Waals surface area contributed by atoms with Crippen LogP contribution in [-0.2, 0) is 10.2 Å². The lowest BCUT2D eigenvalue weighted by Crippen LogP contribution is -2.30. The number of hydrogen-bond acceptors (Lipinski definition) is 2. The molecule has 1 aliphatic rings. The summed E-state index contributed by atoms with van der Waals surface area (Å²) in [7, 11) is 0. The fourth-order valence-corrected chi connectivity index (χ4v) is 2.20. The lowest BCUT2D eigenvalue weighted by molar-refractivity contribution is 0.0876. The van der Waals surface area contributed by atoms with Crippen LogP contribution < -0.4 is 5.32 Å². The van der Waals surface area contributed by atoms with Gasteiger partial charge in [0.15, 0.2) is 0 Å². The van der Waals surface area contributed by atoms with Crippen molar-refractivity contribution in [3.8, 4) is 0 Å². The smallest absolute Gasteiger partial charge is 0.125 e. The van der Waals surface area contributed by atoms with Gasteiger partial charge in [-0.05, 0) is 42.0 Å². The molecule has 1 aromatic rings. The summed E-state index contributed by atoms with van der Waals surface area (Å²) < 4.78 is 19.1. The first-order valence-corrected chi connectivity index (χ1v) is 6.60. The third kappa shape index (κ3) is 3.45. The third-order valence-electron chi connectivity index (χ3n) is 3.29. The molecule has 0 aromatic heterocycles. The molecule has 0 spiro atoms. The van der Waals surface area contributed by atoms with Crippen LogP contribution in [0.25, 0.3) is 0 Å². The van der Waals surface area contributed by atoms with Crippen LogP contribution in [0.3, 0.4) is 0 Å². The molecule has 0 amide bonds. The van der Waals surface area contributed by atoms with Gasteiger partial charge in [0.25, 0.3) is 0 Å². The number of hydrogen-bond donors (Lipinski definition) is 1. The summed E-state index contributed by atoms with van der Waals surface area (Å²) in [6.07, 6.45) is 2.15. The zero-order chi connectivity index (χ0) is 13.2. The zero-order valence-corrected chi connectivity index (χ0v) is 11.4. The van der Waals surface area contributed by atoms with Gasteiger partial charge in [-0.2, -0.15) is 0 Å². The molecular formula is C15H22FNO. The fraction of sp³-hybridized carbons (Fsp3) is 0.600. The summed E-state index contributed by atoms with van der Waals surface area (Å²) in [4.78, 5) is 0. The molecule has 0 bridgehead atoms. The lowest BCUT2D eigenvalue weighted by atomic mass is 9.86. The summed E-state index contributed by atoms with van der Waals surface area (Å²) in [5.41, 5.74) is 1.83. The number of ether oxygens (including phenoxy) is 1. The maximum absolute atomic E-state index is 13.6. The Bertz CT molecular complexity index is 405. The maximum atomic E-state index is 13.6. The van der Waals surface area contributed by atoms with Gasteiger partial charge in [0.05, 0.1) is 6.61 Å². The second-order valence-corrected chi connectivity index (χ2v) is 6.04. The van der Waals surface area contributed by atoms with Crippen molar-refractivity contribution in [3.63, 3.8) is 0 Å². The van der Waals surface area contributed by atoms with Crippen LogP contribution in [0.15, 0.2) is 18.2 Å². The van der Waals surface area contributed by atoms with E-state index in [0.717, 1.165) is 30.7 Å². The van der Waals surface area contributed by atoms with E-state index in [1.54, 1.807) is 12.1 Å². The molecule has 2 rings (SSSR count). The molecular weight excluding hydrogens is 229 g/mol. The molecule has 0 aliphatic carbocycles. The van der Waals surface area contributed by atoms with Crippen LogP contribution in [0.1, 0.15) is 39.2 Å². The molecule has 1 fully saturated rings. The fourth-order valence-electron chi connectivity index (χ4n) is 2.20. The van der Waals surface area contributed by atoms with Crippen LogP contribution in [0.5, 0.6) is 0 Å². The highest BCUT2D eigenvalue weighted by atomic mass is 19.1. The average molecular weight is 251 g/mol. The number of rotatable bonds is 2. The van der Waals surface area contributed by atoms with E-state index in [4.69, 9.17) is 4.74 Å². The molecule has 2 nitrogen and oxygen atoms in total. The second kappa shape index (κ2) is 5.27. The van der Waals surface area contributed by atoms with Crippen molar-refractivity contribution in [3.05, 3.63) is 29.6 Å². The zero-order valence-electron chi connectivity index (χ0n) is 11.4. The molecule has 1 saturated heterocycles. The predicted octanol–water partition coefficient (Wildman–Crippen LogP) is 3.71. The first-order valence-electron chi connectivity index (χ1n) is 6.60. The third-order valence-corrected chi connectivity index (χ3v) is 3.29. The van der Waals surface area contributed by atoms with Gasteiger partial charge in [-0.15, -0.1) is 0 Å². The molecule has 3 heteroatoms. The Labute approximate surface area is 109 Å². The first kappa shape index (κ1) is 13.3. The predicted molar refractivity (Wildman–Crippen MR) is 72.6 cm³/mol. The Balaban J connectivity index is 2.14. The van der Waals surface area contributed by atoms with Crippen molar-refractivity contribution < 1.29 is 9.13 Å². The normalized spacial score (nSPS) is 20.8. The monoisotopic (exact) mass is 251 g/mol. The topological polar surface area (TPSA) is 21.3 Å². The molecule has 1 aromatic carbocycles. The van der Waals surface area contributed by atoms with Crippen molar-refractivity contribution in [2.45, 2.75) is 45.1 Å². The summed E-state index contributed by atoms with van der Waals surface area (Å²) in [6.45, 7) is 7.83. The minimum Gasteiger partial charge on any atom is -0.380 e. The minimum atomic E-state index is -0.179. The van der Waals surface area contributed by atoms with Gasteiger partial charge in [-0.1, -0.05) is 20.8 Å². The van der Waals surface area contributed by atoms with E-state index in [1.807, 2.05) is 6.07 Å². The van der Waals surface area contributed by atoms with Crippen molar-refractivity contribution in [1.29, 1.82) is 0 Å². The van der Waals surface area contributed by atoms with Crippen molar-refractivity contribution in [1.82, 2.24) is 0 Å². The Morgan fingerprint density at radius 1 is 1.28 bits per heavy atom. The Morgan fingerprint density at radius 2 is 2.06 bits per heavy atom. The molecule has 1 N–H and O–H groups in total. The van der Waals surface area contributed by atoms with E-state index >= 15 is 0 Å². The van der Waals surface area contributed by atoms with Gasteiger partial charge in [0.1, 0.15) is 5.82 Å². The van der Waals surface area contributed by atoms with E-state index in [9.17, 15) is 4.39 Å². The maximum Gasteiger partial charge on any atom is 0.125 e. The molecule has 1 unspecified atom stereocenters. The molecule has 1 aliphatic heterocycles. The van der Waals surface area contributed by atoms with Crippen LogP contribution >= 0.6 is 0 Å². The molecule has 18 heavy (non-hydrogen) atoms. The van der Waals surface area contributed by atoms with Gasteiger partial charge in [0, 0.05) is 18.3 Å². The standard InChI is InChI=1S/C15H22FNO/c1-15(2,3)11-7-12(16)9-14(8-11)17-13-5-4-6-18-10-13/h7-9,13,17H,4-6,10H2,1-3H3. The van der Waals surface area contributed by atoms with Crippen LogP contribution in [-0.4, -0.2) is 19.3 Å². The molecule has 100 valence electrons. The number of nitrogens with one attached hydrogen (secondary N) is 1. The molecule has 1 atom stereocenters. The average Bonchev–Trinajstić information content (AvgIpc) is 2.28. The van der Waals surface area contributed by atoms with Gasteiger partial charge in [-0.25, -0.2) is 4.39 Å². The van der Waals surface area contributed by atoms with E-state index in [-0.39, 0.29) is 11.2 Å². The van der Waals surface area contributed by atoms with Crippen LogP contribution in [0, 0.1) is 5.82 Å². The van der Waals surface area contributed by atoms with Gasteiger partial charge in [-0.3, -0.25) is 0 Å². The van der Waals surface area contributed by atoms with Crippen LogP contribution in [0.4, 0.5) is 10.1 Å². The Kier molecular flexibility index (Phi) is 3.91. The quantitative estimate of drug-likeness (QED) is 0.865. The van der Waals surface area contributed by atoms with Crippen LogP contribution in [0.2, 0.25) is 0 Å². The van der Waals surface area contributed by atoms with Crippen molar-refractivity contribution in [2.75, 3.05) is 18.5 Å². The SMILES string of the molecule is CC(C)(C)c1cc(F)cc(NC2CCCOC2)c1. The van der Waals surface area contributed by atoms with E-state index < -0.39 is 0 Å². The second-order valence-electron chi connectivity index (χ2n) is 6.04. The largest absolute Gasteiger partial charge is 0.380 e. The highest BCUT2D eigenvalue weighted by molar-refractivity contribution is 5.48. The van der Waals surface area contributed by atoms with Gasteiger partial charge in [0.2, 0.25) is 0 Å². The lowest BCUT2D eigenvalue weighted by Gasteiger charge is -2.26. The summed E-state index contributed by atoms with van der Waals surface area (Å²) in [5, 5.41) is 3.37. The van der Waals surface area contributed by atoms with Gasteiger partial charge < -0.3 is 10.1 Å². The summed E-state index contributed by atoms with van der Waals surface area (Å²) in [5.74, 6) is -0.179. The summed E-state index contributed by atoms with van der Waals surface area (Å²) in [6, 6.07) is 5.51. The molecule has 0 radical (unpaired) electrons. The number of halogens is 1. The highest BCUT2D eigenvalue weighted by Crippen LogP contribution is 2.27. The van der Waals surface area contributed by atoms with E-state index in [2.05, 4.69) is 26.1 Å². The minimum absolute atomic E-state index is 0.0401. The number of benzene rings is 1. The molecule has 1 heterocycles. The Hall–Kier alpha value is -1.09.